The Balaban J connectivity index is 1.65. The first-order valence-electron chi connectivity index (χ1n) is 11.0. The van der Waals surface area contributed by atoms with Crippen LogP contribution in [0.3, 0.4) is 0 Å². The molecule has 1 saturated heterocycles. The summed E-state index contributed by atoms with van der Waals surface area (Å²) in [6.07, 6.45) is 3.93. The van der Waals surface area contributed by atoms with E-state index in [0.717, 1.165) is 6.42 Å². The zero-order valence-corrected chi connectivity index (χ0v) is 19.1. The summed E-state index contributed by atoms with van der Waals surface area (Å²) in [5.41, 5.74) is 6.15. The average Bonchev–Trinajstić information content (AvgIpc) is 3.08. The van der Waals surface area contributed by atoms with Crippen molar-refractivity contribution in [1.29, 1.82) is 5.41 Å². The predicted molar refractivity (Wildman–Crippen MR) is 124 cm³/mol. The summed E-state index contributed by atoms with van der Waals surface area (Å²) < 4.78 is 25.0. The second-order valence-corrected chi connectivity index (χ2v) is 7.88. The molecule has 1 aliphatic rings. The summed E-state index contributed by atoms with van der Waals surface area (Å²) in [4.78, 5) is 36.5. The summed E-state index contributed by atoms with van der Waals surface area (Å²) in [5, 5.41) is 7.12. The van der Waals surface area contributed by atoms with Crippen LogP contribution in [0.1, 0.15) is 24.8 Å². The van der Waals surface area contributed by atoms with Crippen LogP contribution in [-0.2, 0) is 25.7 Å². The summed E-state index contributed by atoms with van der Waals surface area (Å²) in [6, 6.07) is 4.78. The molecule has 3 N–H and O–H groups in total. The van der Waals surface area contributed by atoms with Crippen molar-refractivity contribution in [1.82, 2.24) is 14.9 Å². The minimum Gasteiger partial charge on any atom is -0.460 e. The standard InChI is InChI=1S/C23H29FN6O4/c1-33-11-6-20(31)29-7-3-8-30(10-9-29)23-27-13-17(14-28-23)18-5-2-4-16(22(18)24)15-34-21(32)12-19(25)26/h2,4-5,13-14H,3,6-12,15H2,1H3,(H3,25,26). The van der Waals surface area contributed by atoms with E-state index in [1.165, 1.54) is 6.07 Å². The number of hydrogen-bond acceptors (Lipinski definition) is 8. The van der Waals surface area contributed by atoms with Crippen LogP contribution in [0.25, 0.3) is 11.1 Å². The number of rotatable bonds is 9. The highest BCUT2D eigenvalue weighted by Gasteiger charge is 2.21. The van der Waals surface area contributed by atoms with Crippen LogP contribution in [0, 0.1) is 11.2 Å². The summed E-state index contributed by atoms with van der Waals surface area (Å²) in [6.45, 7) is 2.70. The highest BCUT2D eigenvalue weighted by Crippen LogP contribution is 2.25. The molecule has 1 aliphatic heterocycles. The quantitative estimate of drug-likeness (QED) is 0.320. The van der Waals surface area contributed by atoms with E-state index in [0.29, 0.717) is 50.7 Å². The predicted octanol–water partition coefficient (Wildman–Crippen LogP) is 1.73. The molecule has 3 rings (SSSR count). The molecule has 0 atom stereocenters. The Morgan fingerprint density at radius 3 is 2.65 bits per heavy atom. The molecule has 0 spiro atoms. The van der Waals surface area contributed by atoms with Crippen molar-refractivity contribution in [3.8, 4) is 11.1 Å². The Labute approximate surface area is 197 Å². The number of halogens is 1. The molecule has 2 aromatic rings. The molecule has 10 nitrogen and oxygen atoms in total. The first-order valence-corrected chi connectivity index (χ1v) is 11.0. The third-order valence-corrected chi connectivity index (χ3v) is 5.40. The minimum atomic E-state index is -0.693. The monoisotopic (exact) mass is 472 g/mol. The number of amides is 1. The van der Waals surface area contributed by atoms with Crippen molar-refractivity contribution in [2.24, 2.45) is 5.73 Å². The maximum absolute atomic E-state index is 15.0. The molecule has 0 bridgehead atoms. The first kappa shape index (κ1) is 25.0. The Morgan fingerprint density at radius 2 is 1.94 bits per heavy atom. The van der Waals surface area contributed by atoms with E-state index in [1.54, 1.807) is 31.6 Å². The number of aromatic nitrogens is 2. The van der Waals surface area contributed by atoms with Gasteiger partial charge >= 0.3 is 5.97 Å². The molecule has 34 heavy (non-hydrogen) atoms. The lowest BCUT2D eigenvalue weighted by Crippen LogP contribution is -2.36. The highest BCUT2D eigenvalue weighted by atomic mass is 19.1. The maximum Gasteiger partial charge on any atom is 0.313 e. The Kier molecular flexibility index (Phi) is 8.86. The Morgan fingerprint density at radius 1 is 1.18 bits per heavy atom. The Hall–Kier alpha value is -3.60. The average molecular weight is 473 g/mol. The fourth-order valence-corrected chi connectivity index (χ4v) is 3.62. The lowest BCUT2D eigenvalue weighted by molar-refractivity contribution is -0.143. The van der Waals surface area contributed by atoms with Crippen LogP contribution >= 0.6 is 0 Å². The molecule has 1 amide bonds. The van der Waals surface area contributed by atoms with Gasteiger partial charge in [0.15, 0.2) is 0 Å². The summed E-state index contributed by atoms with van der Waals surface area (Å²) in [5.74, 6) is -0.950. The molecule has 11 heteroatoms. The number of amidine groups is 1. The number of anilines is 1. The van der Waals surface area contributed by atoms with Gasteiger partial charge in [0.1, 0.15) is 24.7 Å². The normalized spacial score (nSPS) is 13.9. The molecular weight excluding hydrogens is 443 g/mol. The number of nitrogens with one attached hydrogen (secondary N) is 1. The van der Waals surface area contributed by atoms with Crippen molar-refractivity contribution >= 4 is 23.7 Å². The molecule has 0 unspecified atom stereocenters. The number of carbonyl (C=O) groups is 2. The zero-order valence-electron chi connectivity index (χ0n) is 19.1. The molecular formula is C23H29FN6O4. The van der Waals surface area contributed by atoms with Crippen LogP contribution in [0.2, 0.25) is 0 Å². The van der Waals surface area contributed by atoms with Gasteiger partial charge in [-0.2, -0.15) is 0 Å². The van der Waals surface area contributed by atoms with Gasteiger partial charge in [-0.15, -0.1) is 0 Å². The number of carbonyl (C=O) groups excluding carboxylic acids is 2. The molecule has 0 radical (unpaired) electrons. The van der Waals surface area contributed by atoms with Gasteiger partial charge in [0, 0.05) is 62.4 Å². The van der Waals surface area contributed by atoms with Gasteiger partial charge in [0.25, 0.3) is 0 Å². The van der Waals surface area contributed by atoms with Crippen LogP contribution in [0.15, 0.2) is 30.6 Å². The fourth-order valence-electron chi connectivity index (χ4n) is 3.62. The molecule has 2 heterocycles. The molecule has 1 fully saturated rings. The van der Waals surface area contributed by atoms with Gasteiger partial charge in [-0.05, 0) is 6.42 Å². The smallest absolute Gasteiger partial charge is 0.313 e. The van der Waals surface area contributed by atoms with E-state index in [4.69, 9.17) is 20.6 Å². The van der Waals surface area contributed by atoms with Crippen molar-refractivity contribution < 1.29 is 23.5 Å². The van der Waals surface area contributed by atoms with Crippen molar-refractivity contribution in [3.05, 3.63) is 42.0 Å². The third kappa shape index (κ3) is 6.70. The molecule has 1 aromatic carbocycles. The third-order valence-electron chi connectivity index (χ3n) is 5.40. The van der Waals surface area contributed by atoms with Crippen molar-refractivity contribution in [3.63, 3.8) is 0 Å². The zero-order chi connectivity index (χ0) is 24.5. The van der Waals surface area contributed by atoms with E-state index in [1.807, 2.05) is 9.80 Å². The van der Waals surface area contributed by atoms with Gasteiger partial charge in [0.05, 0.1) is 13.0 Å². The number of nitrogens with two attached hydrogens (primary N) is 1. The minimum absolute atomic E-state index is 0.0716. The van der Waals surface area contributed by atoms with E-state index in [9.17, 15) is 9.59 Å². The van der Waals surface area contributed by atoms with Crippen LogP contribution in [-0.4, -0.2) is 72.5 Å². The van der Waals surface area contributed by atoms with E-state index in [-0.39, 0.29) is 35.9 Å². The van der Waals surface area contributed by atoms with Gasteiger partial charge in [0.2, 0.25) is 11.9 Å². The van der Waals surface area contributed by atoms with Gasteiger partial charge in [-0.25, -0.2) is 14.4 Å². The van der Waals surface area contributed by atoms with Gasteiger partial charge in [-0.1, -0.05) is 18.2 Å². The fraction of sp³-hybridized carbons (Fsp3) is 0.435. The number of benzene rings is 1. The van der Waals surface area contributed by atoms with Crippen LogP contribution in [0.4, 0.5) is 10.3 Å². The van der Waals surface area contributed by atoms with E-state index < -0.39 is 11.8 Å². The van der Waals surface area contributed by atoms with Crippen LogP contribution in [0.5, 0.6) is 0 Å². The number of nitrogens with zero attached hydrogens (tertiary/aromatic N) is 4. The lowest BCUT2D eigenvalue weighted by Gasteiger charge is -2.22. The number of hydrogen-bond donors (Lipinski definition) is 2. The number of esters is 1. The number of methoxy groups -OCH3 is 1. The Bertz CT molecular complexity index is 1020. The summed E-state index contributed by atoms with van der Waals surface area (Å²) >= 11 is 0. The van der Waals surface area contributed by atoms with Crippen LogP contribution < -0.4 is 10.6 Å². The maximum atomic E-state index is 15.0. The lowest BCUT2D eigenvalue weighted by atomic mass is 10.1. The topological polar surface area (TPSA) is 135 Å². The largest absolute Gasteiger partial charge is 0.460 e. The van der Waals surface area contributed by atoms with Crippen molar-refractivity contribution in [2.75, 3.05) is 44.8 Å². The molecule has 1 aromatic heterocycles. The van der Waals surface area contributed by atoms with E-state index in [2.05, 4.69) is 9.97 Å². The SMILES string of the molecule is COCCC(=O)N1CCCN(c2ncc(-c3cccc(COC(=O)CC(=N)N)c3F)cn2)CC1. The number of ether oxygens (including phenoxy) is 2. The summed E-state index contributed by atoms with van der Waals surface area (Å²) in [7, 11) is 1.58. The molecule has 0 aliphatic carbocycles. The van der Waals surface area contributed by atoms with Gasteiger partial charge < -0.3 is 25.0 Å². The van der Waals surface area contributed by atoms with E-state index >= 15 is 4.39 Å². The first-order chi connectivity index (χ1) is 16.4. The van der Waals surface area contributed by atoms with Gasteiger partial charge in [-0.3, -0.25) is 15.0 Å². The molecule has 0 saturated carbocycles. The second kappa shape index (κ2) is 12.0. The highest BCUT2D eigenvalue weighted by molar-refractivity contribution is 5.94. The van der Waals surface area contributed by atoms with Crippen molar-refractivity contribution in [2.45, 2.75) is 25.9 Å². The second-order valence-electron chi connectivity index (χ2n) is 7.88. The molecule has 182 valence electrons.